The highest BCUT2D eigenvalue weighted by Crippen LogP contribution is 2.27. The molecular formula is C25H19F2N3O3. The lowest BCUT2D eigenvalue weighted by atomic mass is 10.1. The number of aromatic nitrogens is 2. The van der Waals surface area contributed by atoms with Gasteiger partial charge in [0.15, 0.2) is 5.69 Å². The maximum absolute atomic E-state index is 14.0. The van der Waals surface area contributed by atoms with Gasteiger partial charge in [-0.1, -0.05) is 24.3 Å². The van der Waals surface area contributed by atoms with Gasteiger partial charge in [0.1, 0.15) is 11.6 Å². The second-order valence-electron chi connectivity index (χ2n) is 7.04. The molecule has 0 aliphatic heterocycles. The lowest BCUT2D eigenvalue weighted by Gasteiger charge is -2.10. The Labute approximate surface area is 188 Å². The SMILES string of the molecule is CCOC(=O)c1cc(-c2cccc(NC(=O)c3ccccc3F)c2)n(-c2ccc(F)cc2)n1. The molecule has 1 heterocycles. The smallest absolute Gasteiger partial charge is 0.358 e. The summed E-state index contributed by atoms with van der Waals surface area (Å²) < 4.78 is 33.9. The summed E-state index contributed by atoms with van der Waals surface area (Å²) in [5.41, 5.74) is 2.09. The summed E-state index contributed by atoms with van der Waals surface area (Å²) in [4.78, 5) is 24.8. The van der Waals surface area contributed by atoms with Crippen molar-refractivity contribution in [3.8, 4) is 16.9 Å². The molecular weight excluding hydrogens is 428 g/mol. The van der Waals surface area contributed by atoms with Crippen LogP contribution in [0.25, 0.3) is 16.9 Å². The third-order valence-corrected chi connectivity index (χ3v) is 4.80. The Morgan fingerprint density at radius 2 is 1.73 bits per heavy atom. The summed E-state index contributed by atoms with van der Waals surface area (Å²) in [6.07, 6.45) is 0. The minimum Gasteiger partial charge on any atom is -0.461 e. The number of anilines is 1. The molecule has 0 radical (unpaired) electrons. The molecule has 0 atom stereocenters. The average molecular weight is 447 g/mol. The largest absolute Gasteiger partial charge is 0.461 e. The van der Waals surface area contributed by atoms with Crippen molar-refractivity contribution >= 4 is 17.6 Å². The highest BCUT2D eigenvalue weighted by Gasteiger charge is 2.18. The number of nitrogens with zero attached hydrogens (tertiary/aromatic N) is 2. The van der Waals surface area contributed by atoms with Gasteiger partial charge in [0, 0.05) is 11.3 Å². The van der Waals surface area contributed by atoms with Crippen LogP contribution in [0.2, 0.25) is 0 Å². The zero-order valence-corrected chi connectivity index (χ0v) is 17.6. The first-order valence-electron chi connectivity index (χ1n) is 10.2. The van der Waals surface area contributed by atoms with Crippen molar-refractivity contribution in [3.05, 3.63) is 102 Å². The van der Waals surface area contributed by atoms with Gasteiger partial charge in [0.25, 0.3) is 5.91 Å². The number of ether oxygens (including phenoxy) is 1. The molecule has 4 rings (SSSR count). The van der Waals surface area contributed by atoms with Crippen LogP contribution in [0.4, 0.5) is 14.5 Å². The molecule has 0 saturated heterocycles. The molecule has 1 amide bonds. The molecule has 0 aliphatic carbocycles. The van der Waals surface area contributed by atoms with Gasteiger partial charge in [-0.2, -0.15) is 5.10 Å². The number of esters is 1. The molecule has 0 aliphatic rings. The summed E-state index contributed by atoms with van der Waals surface area (Å²) >= 11 is 0. The van der Waals surface area contributed by atoms with E-state index in [2.05, 4.69) is 10.4 Å². The zero-order chi connectivity index (χ0) is 23.4. The lowest BCUT2D eigenvalue weighted by Crippen LogP contribution is -2.13. The molecule has 0 bridgehead atoms. The fourth-order valence-electron chi connectivity index (χ4n) is 3.27. The standard InChI is InChI=1S/C25H19F2N3O3/c1-2-33-25(32)22-15-23(30(29-22)19-12-10-17(26)11-13-19)16-6-5-7-18(14-16)28-24(31)20-8-3-4-9-21(20)27/h3-15H,2H2,1H3,(H,28,31). The van der Waals surface area contributed by atoms with E-state index in [9.17, 15) is 18.4 Å². The predicted molar refractivity (Wildman–Crippen MR) is 119 cm³/mol. The van der Waals surface area contributed by atoms with E-state index in [1.165, 1.54) is 47.1 Å². The minimum absolute atomic E-state index is 0.0798. The summed E-state index contributed by atoms with van der Waals surface area (Å²) in [5.74, 6) is -2.22. The van der Waals surface area contributed by atoms with Crippen LogP contribution in [0.5, 0.6) is 0 Å². The van der Waals surface area contributed by atoms with Crippen LogP contribution >= 0.6 is 0 Å². The van der Waals surface area contributed by atoms with Crippen molar-refractivity contribution in [1.82, 2.24) is 9.78 Å². The van der Waals surface area contributed by atoms with Gasteiger partial charge in [0.2, 0.25) is 0 Å². The summed E-state index contributed by atoms with van der Waals surface area (Å²) in [7, 11) is 0. The van der Waals surface area contributed by atoms with Crippen molar-refractivity contribution in [1.29, 1.82) is 0 Å². The Balaban J connectivity index is 1.72. The number of rotatable bonds is 6. The van der Waals surface area contributed by atoms with Crippen molar-refractivity contribution in [2.75, 3.05) is 11.9 Å². The van der Waals surface area contributed by atoms with Gasteiger partial charge in [-0.3, -0.25) is 4.79 Å². The third kappa shape index (κ3) is 4.79. The van der Waals surface area contributed by atoms with E-state index in [1.807, 2.05) is 0 Å². The molecule has 0 unspecified atom stereocenters. The van der Waals surface area contributed by atoms with Crippen LogP contribution in [-0.4, -0.2) is 28.3 Å². The number of nitrogens with one attached hydrogen (secondary N) is 1. The van der Waals surface area contributed by atoms with Crippen LogP contribution < -0.4 is 5.32 Å². The summed E-state index contributed by atoms with van der Waals surface area (Å²) in [6, 6.07) is 19.7. The van der Waals surface area contributed by atoms with Gasteiger partial charge in [-0.25, -0.2) is 18.3 Å². The van der Waals surface area contributed by atoms with Crippen LogP contribution in [0.1, 0.15) is 27.8 Å². The van der Waals surface area contributed by atoms with Gasteiger partial charge >= 0.3 is 5.97 Å². The highest BCUT2D eigenvalue weighted by molar-refractivity contribution is 6.04. The average Bonchev–Trinajstić information content (AvgIpc) is 3.26. The van der Waals surface area contributed by atoms with E-state index in [1.54, 1.807) is 43.3 Å². The fourth-order valence-corrected chi connectivity index (χ4v) is 3.27. The van der Waals surface area contributed by atoms with Crippen LogP contribution in [0.3, 0.4) is 0 Å². The van der Waals surface area contributed by atoms with Gasteiger partial charge in [-0.05, 0) is 61.5 Å². The molecule has 4 aromatic rings. The molecule has 0 fully saturated rings. The Morgan fingerprint density at radius 3 is 2.45 bits per heavy atom. The second kappa shape index (κ2) is 9.44. The molecule has 8 heteroatoms. The normalized spacial score (nSPS) is 10.6. The number of hydrogen-bond acceptors (Lipinski definition) is 4. The Bertz CT molecular complexity index is 1320. The topological polar surface area (TPSA) is 73.2 Å². The zero-order valence-electron chi connectivity index (χ0n) is 17.6. The monoisotopic (exact) mass is 447 g/mol. The maximum atomic E-state index is 14.0. The minimum atomic E-state index is -0.625. The van der Waals surface area contributed by atoms with E-state index in [4.69, 9.17) is 4.74 Å². The molecule has 0 saturated carbocycles. The molecule has 33 heavy (non-hydrogen) atoms. The van der Waals surface area contributed by atoms with Crippen molar-refractivity contribution in [2.45, 2.75) is 6.92 Å². The predicted octanol–water partition coefficient (Wildman–Crippen LogP) is 5.25. The Hall–Kier alpha value is -4.33. The van der Waals surface area contributed by atoms with Crippen molar-refractivity contribution in [3.63, 3.8) is 0 Å². The number of carbonyl (C=O) groups excluding carboxylic acids is 2. The molecule has 166 valence electrons. The van der Waals surface area contributed by atoms with E-state index >= 15 is 0 Å². The molecule has 1 N–H and O–H groups in total. The summed E-state index contributed by atoms with van der Waals surface area (Å²) in [5, 5.41) is 7.01. The van der Waals surface area contributed by atoms with Crippen molar-refractivity contribution in [2.24, 2.45) is 0 Å². The lowest BCUT2D eigenvalue weighted by molar-refractivity contribution is 0.0518. The van der Waals surface area contributed by atoms with E-state index in [0.29, 0.717) is 22.6 Å². The van der Waals surface area contributed by atoms with E-state index in [0.717, 1.165) is 0 Å². The highest BCUT2D eigenvalue weighted by atomic mass is 19.1. The number of carbonyl (C=O) groups is 2. The first-order valence-corrected chi connectivity index (χ1v) is 10.2. The van der Waals surface area contributed by atoms with Crippen LogP contribution in [-0.2, 0) is 4.74 Å². The number of halogens is 2. The van der Waals surface area contributed by atoms with E-state index < -0.39 is 23.5 Å². The molecule has 0 spiro atoms. The quantitative estimate of drug-likeness (QED) is 0.410. The first-order chi connectivity index (χ1) is 16.0. The van der Waals surface area contributed by atoms with Gasteiger partial charge in [-0.15, -0.1) is 0 Å². The Morgan fingerprint density at radius 1 is 0.970 bits per heavy atom. The van der Waals surface area contributed by atoms with Crippen LogP contribution in [0.15, 0.2) is 78.9 Å². The fraction of sp³-hybridized carbons (Fsp3) is 0.0800. The Kier molecular flexibility index (Phi) is 6.26. The van der Waals surface area contributed by atoms with Crippen LogP contribution in [0, 0.1) is 11.6 Å². The molecule has 6 nitrogen and oxygen atoms in total. The maximum Gasteiger partial charge on any atom is 0.358 e. The number of hydrogen-bond donors (Lipinski definition) is 1. The van der Waals surface area contributed by atoms with Gasteiger partial charge in [0.05, 0.1) is 23.6 Å². The molecule has 3 aromatic carbocycles. The first kappa shape index (κ1) is 21.9. The van der Waals surface area contributed by atoms with E-state index in [-0.39, 0.29) is 17.9 Å². The number of benzene rings is 3. The molecule has 1 aromatic heterocycles. The third-order valence-electron chi connectivity index (χ3n) is 4.80. The van der Waals surface area contributed by atoms with Crippen molar-refractivity contribution < 1.29 is 23.1 Å². The second-order valence-corrected chi connectivity index (χ2v) is 7.04. The summed E-state index contributed by atoms with van der Waals surface area (Å²) in [6.45, 7) is 1.88. The number of amides is 1. The van der Waals surface area contributed by atoms with Gasteiger partial charge < -0.3 is 10.1 Å².